The summed E-state index contributed by atoms with van der Waals surface area (Å²) in [6, 6.07) is 12.8. The molecule has 5 rings (SSSR count). The third-order valence-corrected chi connectivity index (χ3v) is 7.16. The number of hydrogen-bond acceptors (Lipinski definition) is 7. The molecule has 0 spiro atoms. The number of carbonyl (C=O) groups excluding carboxylic acids is 1. The van der Waals surface area contributed by atoms with Crippen LogP contribution < -0.4 is 10.1 Å². The van der Waals surface area contributed by atoms with Crippen molar-refractivity contribution in [3.05, 3.63) is 101 Å². The zero-order valence-electron chi connectivity index (χ0n) is 22.0. The lowest BCUT2D eigenvalue weighted by Gasteiger charge is -2.38. The number of aromatic nitrogens is 5. The Morgan fingerprint density at radius 2 is 1.84 bits per heavy atom. The van der Waals surface area contributed by atoms with Gasteiger partial charge in [0.25, 0.3) is 0 Å². The highest BCUT2D eigenvalue weighted by atomic mass is 16.6. The molecule has 1 aromatic carbocycles. The van der Waals surface area contributed by atoms with Crippen LogP contribution in [0.3, 0.4) is 0 Å². The number of ether oxygens (including phenoxy) is 1. The third kappa shape index (κ3) is 5.73. The first-order valence-corrected chi connectivity index (χ1v) is 13.0. The number of nitrogens with zero attached hydrogens (tertiary/aromatic N) is 5. The Bertz CT molecular complexity index is 1350. The van der Waals surface area contributed by atoms with Crippen molar-refractivity contribution in [2.45, 2.75) is 65.2 Å². The second-order valence-electron chi connectivity index (χ2n) is 9.71. The summed E-state index contributed by atoms with van der Waals surface area (Å²) in [7, 11) is 0. The van der Waals surface area contributed by atoms with E-state index in [2.05, 4.69) is 55.3 Å². The molecule has 9 heteroatoms. The van der Waals surface area contributed by atoms with Crippen molar-refractivity contribution >= 4 is 6.09 Å². The smallest absolute Gasteiger partial charge is 0.406 e. The first-order chi connectivity index (χ1) is 18.5. The molecule has 9 nitrogen and oxygen atoms in total. The molecule has 4 aromatic rings. The number of pyridine rings is 1. The lowest BCUT2D eigenvalue weighted by atomic mass is 9.89. The molecule has 1 amide bonds. The highest BCUT2D eigenvalue weighted by Gasteiger charge is 2.31. The number of aromatic amines is 1. The molecule has 0 saturated heterocycles. The predicted molar refractivity (Wildman–Crippen MR) is 143 cm³/mol. The van der Waals surface area contributed by atoms with Gasteiger partial charge in [0.2, 0.25) is 0 Å². The summed E-state index contributed by atoms with van der Waals surface area (Å²) in [4.78, 5) is 35.7. The molecular formula is C29H33N7O2. The lowest BCUT2D eigenvalue weighted by molar-refractivity contribution is 0.112. The summed E-state index contributed by atoms with van der Waals surface area (Å²) in [6.45, 7) is 6.88. The fourth-order valence-electron chi connectivity index (χ4n) is 5.09. The summed E-state index contributed by atoms with van der Waals surface area (Å²) in [5, 5.41) is 2.81. The van der Waals surface area contributed by atoms with Crippen molar-refractivity contribution in [3.8, 4) is 5.75 Å². The Kier molecular flexibility index (Phi) is 7.74. The minimum absolute atomic E-state index is 0.0907. The highest BCUT2D eigenvalue weighted by Crippen LogP contribution is 2.38. The third-order valence-electron chi connectivity index (χ3n) is 7.16. The molecule has 1 aliphatic carbocycles. The van der Waals surface area contributed by atoms with Crippen molar-refractivity contribution in [1.29, 1.82) is 0 Å². The Morgan fingerprint density at radius 1 is 1.08 bits per heavy atom. The van der Waals surface area contributed by atoms with Gasteiger partial charge in [0.15, 0.2) is 5.75 Å². The van der Waals surface area contributed by atoms with Crippen LogP contribution in [0.25, 0.3) is 0 Å². The standard InChI is InChI=1S/C29H33N7O2/c1-19-27(20(2)35-18-34-19)38-29(37)33-16-22-9-11-23(12-10-22)17-36(21(3)28-31-14-15-32-28)25-8-4-6-24-7-5-13-30-26(24)25/h5,7,9-15,18,21,25H,4,6,8,16-17H2,1-3H3,(H,31,32)(H,33,37). The number of benzene rings is 1. The quantitative estimate of drug-likeness (QED) is 0.337. The summed E-state index contributed by atoms with van der Waals surface area (Å²) < 4.78 is 5.44. The minimum Gasteiger partial charge on any atom is -0.406 e. The van der Waals surface area contributed by atoms with Crippen LogP contribution in [0, 0.1) is 13.8 Å². The average Bonchev–Trinajstić information content (AvgIpc) is 3.48. The van der Waals surface area contributed by atoms with Crippen LogP contribution in [0.5, 0.6) is 5.75 Å². The van der Waals surface area contributed by atoms with Gasteiger partial charge in [0.1, 0.15) is 12.2 Å². The fraction of sp³-hybridized carbons (Fsp3) is 0.345. The number of H-pyrrole nitrogens is 1. The van der Waals surface area contributed by atoms with E-state index in [1.54, 1.807) is 20.0 Å². The van der Waals surface area contributed by atoms with Gasteiger partial charge in [-0.1, -0.05) is 30.3 Å². The number of aryl methyl sites for hydroxylation is 3. The van der Waals surface area contributed by atoms with E-state index in [-0.39, 0.29) is 12.1 Å². The SMILES string of the molecule is Cc1ncnc(C)c1OC(=O)NCc1ccc(CN(C(C)c2ncc[nH]2)C2CCCc3cccnc32)cc1. The van der Waals surface area contributed by atoms with Gasteiger partial charge in [-0.05, 0) is 62.8 Å². The first-order valence-electron chi connectivity index (χ1n) is 13.0. The van der Waals surface area contributed by atoms with Crippen LogP contribution in [0.1, 0.15) is 71.4 Å². The van der Waals surface area contributed by atoms with E-state index in [4.69, 9.17) is 9.72 Å². The number of hydrogen-bond donors (Lipinski definition) is 2. The van der Waals surface area contributed by atoms with Crippen molar-refractivity contribution in [2.75, 3.05) is 0 Å². The molecule has 0 radical (unpaired) electrons. The first kappa shape index (κ1) is 25.5. The average molecular weight is 512 g/mol. The topological polar surface area (TPSA) is 109 Å². The van der Waals surface area contributed by atoms with Gasteiger partial charge in [-0.3, -0.25) is 9.88 Å². The number of carbonyl (C=O) groups is 1. The summed E-state index contributed by atoms with van der Waals surface area (Å²) in [6.07, 6.45) is 9.77. The maximum absolute atomic E-state index is 12.4. The normalized spacial score (nSPS) is 15.6. The second-order valence-corrected chi connectivity index (χ2v) is 9.71. The number of rotatable bonds is 8. The van der Waals surface area contributed by atoms with Gasteiger partial charge in [-0.15, -0.1) is 0 Å². The monoisotopic (exact) mass is 511 g/mol. The number of imidazole rings is 1. The van der Waals surface area contributed by atoms with Crippen molar-refractivity contribution < 1.29 is 9.53 Å². The fourth-order valence-corrected chi connectivity index (χ4v) is 5.09. The Balaban J connectivity index is 1.27. The van der Waals surface area contributed by atoms with Gasteiger partial charge in [0.05, 0.1) is 29.2 Å². The Hall–Kier alpha value is -4.11. The van der Waals surface area contributed by atoms with E-state index in [0.717, 1.165) is 37.2 Å². The van der Waals surface area contributed by atoms with Gasteiger partial charge >= 0.3 is 6.09 Å². The molecule has 2 N–H and O–H groups in total. The number of nitrogens with one attached hydrogen (secondary N) is 2. The summed E-state index contributed by atoms with van der Waals surface area (Å²) >= 11 is 0. The molecule has 0 bridgehead atoms. The van der Waals surface area contributed by atoms with E-state index >= 15 is 0 Å². The molecule has 38 heavy (non-hydrogen) atoms. The Morgan fingerprint density at radius 3 is 2.58 bits per heavy atom. The van der Waals surface area contributed by atoms with Crippen LogP contribution in [-0.2, 0) is 19.5 Å². The molecule has 0 aliphatic heterocycles. The number of fused-ring (bicyclic) bond motifs is 1. The molecule has 1 aliphatic rings. The van der Waals surface area contributed by atoms with Crippen LogP contribution >= 0.6 is 0 Å². The van der Waals surface area contributed by atoms with E-state index < -0.39 is 6.09 Å². The van der Waals surface area contributed by atoms with Crippen LogP contribution in [0.4, 0.5) is 4.79 Å². The van der Waals surface area contributed by atoms with Crippen LogP contribution in [0.2, 0.25) is 0 Å². The van der Waals surface area contributed by atoms with Gasteiger partial charge in [0, 0.05) is 31.7 Å². The maximum Gasteiger partial charge on any atom is 0.412 e. The molecule has 0 fully saturated rings. The molecule has 2 unspecified atom stereocenters. The minimum atomic E-state index is -0.531. The Labute approximate surface area is 222 Å². The van der Waals surface area contributed by atoms with Crippen LogP contribution in [-0.4, -0.2) is 35.9 Å². The van der Waals surface area contributed by atoms with Gasteiger partial charge < -0.3 is 15.0 Å². The highest BCUT2D eigenvalue weighted by molar-refractivity contribution is 5.70. The molecule has 3 heterocycles. The van der Waals surface area contributed by atoms with Gasteiger partial charge in [-0.2, -0.15) is 0 Å². The molecular weight excluding hydrogens is 478 g/mol. The lowest BCUT2D eigenvalue weighted by Crippen LogP contribution is -2.34. The van der Waals surface area contributed by atoms with E-state index in [0.29, 0.717) is 23.7 Å². The van der Waals surface area contributed by atoms with Gasteiger partial charge in [-0.25, -0.2) is 19.7 Å². The summed E-state index contributed by atoms with van der Waals surface area (Å²) in [5.41, 5.74) is 5.93. The van der Waals surface area contributed by atoms with E-state index in [1.165, 1.54) is 23.1 Å². The molecule has 2 atom stereocenters. The van der Waals surface area contributed by atoms with Crippen LogP contribution in [0.15, 0.2) is 61.3 Å². The van der Waals surface area contributed by atoms with E-state index in [9.17, 15) is 4.79 Å². The summed E-state index contributed by atoms with van der Waals surface area (Å²) in [5.74, 6) is 1.34. The number of amides is 1. The van der Waals surface area contributed by atoms with Crippen molar-refractivity contribution in [3.63, 3.8) is 0 Å². The molecule has 0 saturated carbocycles. The van der Waals surface area contributed by atoms with E-state index in [1.807, 2.05) is 30.6 Å². The van der Waals surface area contributed by atoms with Crippen molar-refractivity contribution in [1.82, 2.24) is 35.1 Å². The molecule has 3 aromatic heterocycles. The van der Waals surface area contributed by atoms with Crippen molar-refractivity contribution in [2.24, 2.45) is 0 Å². The maximum atomic E-state index is 12.4. The zero-order valence-corrected chi connectivity index (χ0v) is 22.0. The molecule has 196 valence electrons. The largest absolute Gasteiger partial charge is 0.412 e. The predicted octanol–water partition coefficient (Wildman–Crippen LogP) is 5.14. The zero-order chi connectivity index (χ0) is 26.5. The second kappa shape index (κ2) is 11.5.